The van der Waals surface area contributed by atoms with Crippen LogP contribution >= 0.6 is 11.6 Å². The number of pyridine rings is 1. The summed E-state index contributed by atoms with van der Waals surface area (Å²) in [7, 11) is 0. The van der Waals surface area contributed by atoms with Crippen LogP contribution < -0.4 is 5.32 Å². The minimum atomic E-state index is -0.231. The van der Waals surface area contributed by atoms with E-state index in [1.807, 2.05) is 30.3 Å². The van der Waals surface area contributed by atoms with Crippen molar-refractivity contribution in [2.75, 3.05) is 5.32 Å². The molecule has 29 heavy (non-hydrogen) atoms. The van der Waals surface area contributed by atoms with Gasteiger partial charge in [-0.3, -0.25) is 0 Å². The molecule has 4 heteroatoms. The van der Waals surface area contributed by atoms with Crippen LogP contribution in [0.1, 0.15) is 35.2 Å². The summed E-state index contributed by atoms with van der Waals surface area (Å²) in [4.78, 5) is 4.62. The van der Waals surface area contributed by atoms with Gasteiger partial charge in [0.25, 0.3) is 0 Å². The Labute approximate surface area is 175 Å². The van der Waals surface area contributed by atoms with Gasteiger partial charge < -0.3 is 5.32 Å². The molecule has 1 atom stereocenters. The number of aromatic nitrogens is 1. The predicted octanol–water partition coefficient (Wildman–Crippen LogP) is 7.10. The van der Waals surface area contributed by atoms with Gasteiger partial charge in [-0.05, 0) is 61.2 Å². The Morgan fingerprint density at radius 2 is 1.69 bits per heavy atom. The molecule has 0 spiro atoms. The second-order valence-corrected chi connectivity index (χ2v) is 7.78. The summed E-state index contributed by atoms with van der Waals surface area (Å²) in [6.07, 6.45) is 2.45. The summed E-state index contributed by atoms with van der Waals surface area (Å²) in [6.45, 7) is 4.20. The lowest BCUT2D eigenvalue weighted by molar-refractivity contribution is 0.627. The van der Waals surface area contributed by atoms with Crippen LogP contribution in [0.3, 0.4) is 0 Å². The van der Waals surface area contributed by atoms with Crippen molar-refractivity contribution < 1.29 is 4.39 Å². The van der Waals surface area contributed by atoms with E-state index in [1.54, 1.807) is 6.20 Å². The van der Waals surface area contributed by atoms with Crippen LogP contribution in [0, 0.1) is 12.7 Å². The van der Waals surface area contributed by atoms with Crippen LogP contribution in [0.5, 0.6) is 0 Å². The first-order valence-electron chi connectivity index (χ1n) is 9.65. The summed E-state index contributed by atoms with van der Waals surface area (Å²) < 4.78 is 13.3. The molecule has 0 saturated heterocycles. The van der Waals surface area contributed by atoms with Gasteiger partial charge in [0.2, 0.25) is 0 Å². The molecule has 0 aliphatic carbocycles. The predicted molar refractivity (Wildman–Crippen MR) is 119 cm³/mol. The summed E-state index contributed by atoms with van der Waals surface area (Å²) in [5.41, 5.74) is 4.56. The molecule has 0 fully saturated rings. The number of benzene rings is 3. The van der Waals surface area contributed by atoms with E-state index in [4.69, 9.17) is 11.6 Å². The van der Waals surface area contributed by atoms with Crippen molar-refractivity contribution in [2.45, 2.75) is 26.3 Å². The van der Waals surface area contributed by atoms with Gasteiger partial charge in [-0.1, -0.05) is 59.6 Å². The van der Waals surface area contributed by atoms with Crippen molar-refractivity contribution >= 4 is 28.2 Å². The molecule has 4 aromatic rings. The molecule has 0 aliphatic rings. The van der Waals surface area contributed by atoms with Crippen LogP contribution in [0.2, 0.25) is 5.02 Å². The van der Waals surface area contributed by atoms with Gasteiger partial charge in [-0.25, -0.2) is 9.37 Å². The lowest BCUT2D eigenvalue weighted by Crippen LogP contribution is -2.09. The van der Waals surface area contributed by atoms with Crippen molar-refractivity contribution in [1.29, 1.82) is 0 Å². The quantitative estimate of drug-likeness (QED) is 0.383. The molecule has 0 bridgehead atoms. The molecule has 1 aromatic heterocycles. The Morgan fingerprint density at radius 1 is 0.966 bits per heavy atom. The third-order valence-electron chi connectivity index (χ3n) is 5.20. The Bertz CT molecular complexity index is 1140. The van der Waals surface area contributed by atoms with Crippen LogP contribution in [-0.2, 0) is 6.42 Å². The van der Waals surface area contributed by atoms with E-state index in [1.165, 1.54) is 23.3 Å². The van der Waals surface area contributed by atoms with E-state index in [0.717, 1.165) is 27.7 Å². The highest BCUT2D eigenvalue weighted by atomic mass is 35.5. The monoisotopic (exact) mass is 404 g/mol. The van der Waals surface area contributed by atoms with Crippen LogP contribution in [-0.4, -0.2) is 4.98 Å². The van der Waals surface area contributed by atoms with Crippen molar-refractivity contribution in [3.63, 3.8) is 0 Å². The normalized spacial score (nSPS) is 12.1. The zero-order chi connectivity index (χ0) is 20.4. The number of hydrogen-bond donors (Lipinski definition) is 1. The fraction of sp³-hybridized carbons (Fsp3) is 0.160. The topological polar surface area (TPSA) is 24.9 Å². The van der Waals surface area contributed by atoms with Gasteiger partial charge in [0.1, 0.15) is 11.6 Å². The van der Waals surface area contributed by atoms with E-state index in [0.29, 0.717) is 11.4 Å². The Morgan fingerprint density at radius 3 is 2.41 bits per heavy atom. The summed E-state index contributed by atoms with van der Waals surface area (Å²) in [5.74, 6) is 0.570. The first-order chi connectivity index (χ1) is 14.0. The minimum Gasteiger partial charge on any atom is -0.363 e. The summed E-state index contributed by atoms with van der Waals surface area (Å²) >= 11 is 6.49. The molecular formula is C25H22ClFN2. The Balaban J connectivity index is 1.74. The number of halogens is 2. The lowest BCUT2D eigenvalue weighted by Gasteiger charge is -2.19. The molecule has 3 aromatic carbocycles. The molecular weight excluding hydrogens is 383 g/mol. The molecule has 0 aliphatic heterocycles. The molecule has 4 rings (SSSR count). The standard InChI is InChI=1S/C25H22ClFN2/c1-16-3-7-19(8-4-16)17(2)29-25-24-20(15-18-5-10-21(27)11-6-18)9-12-23(26)22(24)13-14-28-25/h3-14,17H,15H2,1-2H3,(H,28,29). The Kier molecular flexibility index (Phi) is 5.50. The number of nitrogens with one attached hydrogen (secondary N) is 1. The fourth-order valence-electron chi connectivity index (χ4n) is 3.56. The van der Waals surface area contributed by atoms with Crippen molar-refractivity contribution in [2.24, 2.45) is 0 Å². The van der Waals surface area contributed by atoms with E-state index in [-0.39, 0.29) is 11.9 Å². The fourth-order valence-corrected chi connectivity index (χ4v) is 3.78. The second-order valence-electron chi connectivity index (χ2n) is 7.37. The van der Waals surface area contributed by atoms with Gasteiger partial charge in [-0.15, -0.1) is 0 Å². The molecule has 0 amide bonds. The zero-order valence-corrected chi connectivity index (χ0v) is 17.2. The summed E-state index contributed by atoms with van der Waals surface area (Å²) in [6, 6.07) is 21.1. The average molecular weight is 405 g/mol. The van der Waals surface area contributed by atoms with Crippen LogP contribution in [0.15, 0.2) is 72.9 Å². The molecule has 1 unspecified atom stereocenters. The molecule has 146 valence electrons. The first-order valence-corrected chi connectivity index (χ1v) is 10.0. The molecule has 2 nitrogen and oxygen atoms in total. The molecule has 0 saturated carbocycles. The number of fused-ring (bicyclic) bond motifs is 1. The van der Waals surface area contributed by atoms with E-state index < -0.39 is 0 Å². The number of rotatable bonds is 5. The third-order valence-corrected chi connectivity index (χ3v) is 5.53. The van der Waals surface area contributed by atoms with Crippen molar-refractivity contribution in [3.8, 4) is 0 Å². The number of hydrogen-bond acceptors (Lipinski definition) is 2. The largest absolute Gasteiger partial charge is 0.363 e. The molecule has 1 heterocycles. The highest BCUT2D eigenvalue weighted by Crippen LogP contribution is 2.33. The highest BCUT2D eigenvalue weighted by Gasteiger charge is 2.14. The number of nitrogens with zero attached hydrogens (tertiary/aromatic N) is 1. The molecule has 0 radical (unpaired) electrons. The van der Waals surface area contributed by atoms with Gasteiger partial charge in [-0.2, -0.15) is 0 Å². The maximum absolute atomic E-state index is 13.3. The maximum atomic E-state index is 13.3. The zero-order valence-electron chi connectivity index (χ0n) is 16.4. The first kappa shape index (κ1) is 19.4. The van der Waals surface area contributed by atoms with Crippen molar-refractivity contribution in [3.05, 3.63) is 106 Å². The van der Waals surface area contributed by atoms with Gasteiger partial charge >= 0.3 is 0 Å². The molecule has 1 N–H and O–H groups in total. The average Bonchev–Trinajstić information content (AvgIpc) is 2.72. The van der Waals surface area contributed by atoms with Gasteiger partial charge in [0, 0.05) is 28.0 Å². The highest BCUT2D eigenvalue weighted by molar-refractivity contribution is 6.36. The number of aryl methyl sites for hydroxylation is 1. The van der Waals surface area contributed by atoms with Gasteiger partial charge in [0.05, 0.1) is 0 Å². The van der Waals surface area contributed by atoms with Gasteiger partial charge in [0.15, 0.2) is 0 Å². The maximum Gasteiger partial charge on any atom is 0.134 e. The summed E-state index contributed by atoms with van der Waals surface area (Å²) in [5, 5.41) is 6.21. The van der Waals surface area contributed by atoms with E-state index in [9.17, 15) is 4.39 Å². The Hall–Kier alpha value is -2.91. The van der Waals surface area contributed by atoms with Crippen LogP contribution in [0.25, 0.3) is 10.8 Å². The smallest absolute Gasteiger partial charge is 0.134 e. The van der Waals surface area contributed by atoms with E-state index >= 15 is 0 Å². The lowest BCUT2D eigenvalue weighted by atomic mass is 9.98. The minimum absolute atomic E-state index is 0.0892. The number of anilines is 1. The third kappa shape index (κ3) is 4.25. The van der Waals surface area contributed by atoms with Crippen molar-refractivity contribution in [1.82, 2.24) is 4.98 Å². The van der Waals surface area contributed by atoms with E-state index in [2.05, 4.69) is 48.4 Å². The van der Waals surface area contributed by atoms with Crippen LogP contribution in [0.4, 0.5) is 10.2 Å². The SMILES string of the molecule is Cc1ccc(C(C)Nc2nccc3c(Cl)ccc(Cc4ccc(F)cc4)c23)cc1. The second kappa shape index (κ2) is 8.22.